The molecule has 1 N–H and O–H groups in total. The van der Waals surface area contributed by atoms with Gasteiger partial charge in [-0.2, -0.15) is 0 Å². The highest BCUT2D eigenvalue weighted by molar-refractivity contribution is 6.55. The number of hydrogen-bond donors (Lipinski definition) is 1. The van der Waals surface area contributed by atoms with Crippen LogP contribution >= 0.6 is 0 Å². The van der Waals surface area contributed by atoms with Crippen LogP contribution in [-0.4, -0.2) is 57.4 Å². The van der Waals surface area contributed by atoms with Crippen LogP contribution in [0.3, 0.4) is 0 Å². The van der Waals surface area contributed by atoms with Gasteiger partial charge in [-0.25, -0.2) is 0 Å². The highest BCUT2D eigenvalue weighted by atomic mass is 16.4. The number of hydrogen-bond acceptors (Lipinski definition) is 6. The molecule has 2 aliphatic carbocycles. The second-order valence-electron chi connectivity index (χ2n) is 7.66. The van der Waals surface area contributed by atoms with Crippen molar-refractivity contribution in [3.05, 3.63) is 10.4 Å². The highest BCUT2D eigenvalue weighted by Crippen LogP contribution is 2.30. The van der Waals surface area contributed by atoms with Crippen LogP contribution in [0.1, 0.15) is 51.4 Å². The standard InChI is InChI=1S/C9H13BN4O2.C9H14BNO3/c10-9(16)12-5-6-1-3-7(4-2-6)8(15)13-14-11;10-9(14)11-5-6-1-3-7(4-2-6)8(12)13/h6-7H,1-5H2,(H,12,16);6-7H,1-5H2,(H,11,14)(H,12,13)/p-2. The number of carbonyl (C=O) groups excluding carboxylic acids is 1. The van der Waals surface area contributed by atoms with Gasteiger partial charge < -0.3 is 25.3 Å². The molecular formula is C18H25B2N5O5-2. The van der Waals surface area contributed by atoms with E-state index in [1.54, 1.807) is 0 Å². The molecule has 2 aliphatic rings. The number of nitrogens with zero attached hydrogens (tertiary/aromatic N) is 5. The molecule has 0 spiro atoms. The Labute approximate surface area is 178 Å². The fourth-order valence-electron chi connectivity index (χ4n) is 3.75. The van der Waals surface area contributed by atoms with Crippen LogP contribution in [0.2, 0.25) is 0 Å². The first-order chi connectivity index (χ1) is 14.2. The van der Waals surface area contributed by atoms with Crippen molar-refractivity contribution in [2.75, 3.05) is 13.1 Å². The van der Waals surface area contributed by atoms with E-state index in [4.69, 9.17) is 26.3 Å². The van der Waals surface area contributed by atoms with Crippen LogP contribution in [0, 0.1) is 23.7 Å². The molecule has 1 amide bonds. The van der Waals surface area contributed by atoms with Gasteiger partial charge in [-0.1, -0.05) is 11.6 Å². The summed E-state index contributed by atoms with van der Waals surface area (Å²) < 4.78 is 0. The first kappa shape index (κ1) is 25.6. The Kier molecular flexibility index (Phi) is 11.7. The first-order valence-electron chi connectivity index (χ1n) is 9.98. The molecule has 10 nitrogen and oxygen atoms in total. The predicted molar refractivity (Wildman–Crippen MR) is 109 cm³/mol. The molecule has 0 aromatic heterocycles. The van der Waals surface area contributed by atoms with Crippen LogP contribution < -0.4 is 10.2 Å². The molecule has 2 rings (SSSR count). The third-order valence-electron chi connectivity index (χ3n) is 5.55. The van der Waals surface area contributed by atoms with Gasteiger partial charge in [0.2, 0.25) is 5.91 Å². The van der Waals surface area contributed by atoms with E-state index < -0.39 is 17.6 Å². The van der Waals surface area contributed by atoms with Gasteiger partial charge in [0.25, 0.3) is 0 Å². The number of rotatable bonds is 6. The van der Waals surface area contributed by atoms with Crippen molar-refractivity contribution >= 4 is 39.2 Å². The summed E-state index contributed by atoms with van der Waals surface area (Å²) >= 11 is 0. The molecule has 2 fully saturated rings. The maximum atomic E-state index is 11.3. The minimum atomic E-state index is -0.713. The van der Waals surface area contributed by atoms with Crippen molar-refractivity contribution in [1.29, 1.82) is 0 Å². The molecule has 0 aromatic carbocycles. The topological polar surface area (TPSA) is 174 Å². The van der Waals surface area contributed by atoms with Crippen LogP contribution in [0.5, 0.6) is 0 Å². The Hall–Kier alpha value is -2.48. The van der Waals surface area contributed by atoms with Crippen molar-refractivity contribution in [2.45, 2.75) is 51.4 Å². The molecule has 0 heterocycles. The lowest BCUT2D eigenvalue weighted by molar-refractivity contribution is -0.208. The summed E-state index contributed by atoms with van der Waals surface area (Å²) in [6, 6.07) is 0. The Morgan fingerprint density at radius 1 is 0.867 bits per heavy atom. The van der Waals surface area contributed by atoms with Crippen molar-refractivity contribution in [3.8, 4) is 0 Å². The summed E-state index contributed by atoms with van der Waals surface area (Å²) in [4.78, 5) is 31.6. The highest BCUT2D eigenvalue weighted by Gasteiger charge is 2.26. The minimum absolute atomic E-state index is 0.166. The fourth-order valence-corrected chi connectivity index (χ4v) is 3.75. The number of aliphatic carboxylic acids is 1. The number of aliphatic imine (C=N–C) groups is 2. The maximum absolute atomic E-state index is 11.3. The maximum Gasteiger partial charge on any atom is 0.306 e. The molecule has 0 aliphatic heterocycles. The Morgan fingerprint density at radius 2 is 1.27 bits per heavy atom. The second kappa shape index (κ2) is 13.7. The van der Waals surface area contributed by atoms with Gasteiger partial charge in [0.15, 0.2) is 0 Å². The lowest BCUT2D eigenvalue weighted by atomic mass is 9.81. The van der Waals surface area contributed by atoms with E-state index in [1.807, 2.05) is 0 Å². The average molecular weight is 413 g/mol. The van der Waals surface area contributed by atoms with E-state index in [2.05, 4.69) is 20.0 Å². The Morgan fingerprint density at radius 3 is 1.60 bits per heavy atom. The summed E-state index contributed by atoms with van der Waals surface area (Å²) in [7, 11) is 9.80. The number of amides is 1. The molecule has 0 aromatic rings. The zero-order chi connectivity index (χ0) is 22.5. The van der Waals surface area contributed by atoms with Gasteiger partial charge >= 0.3 is 5.97 Å². The molecule has 0 bridgehead atoms. The summed E-state index contributed by atoms with van der Waals surface area (Å²) in [5.74, 6) is -2.11. The number of azide groups is 1. The Balaban J connectivity index is 0.000000303. The number of carbonyl (C=O) groups is 2. The molecule has 160 valence electrons. The second-order valence-corrected chi connectivity index (χ2v) is 7.66. The van der Waals surface area contributed by atoms with E-state index in [-0.39, 0.29) is 17.7 Å². The van der Waals surface area contributed by atoms with Gasteiger partial charge in [-0.3, -0.25) is 9.59 Å². The van der Waals surface area contributed by atoms with Gasteiger partial charge in [0.1, 0.15) is 15.7 Å². The molecule has 0 saturated heterocycles. The summed E-state index contributed by atoms with van der Waals surface area (Å²) in [5.41, 5.74) is 8.14. The molecular weight excluding hydrogens is 388 g/mol. The fraction of sp³-hybridized carbons (Fsp3) is 0.778. The lowest BCUT2D eigenvalue weighted by Crippen LogP contribution is -2.24. The summed E-state index contributed by atoms with van der Waals surface area (Å²) in [6.07, 6.45) is 6.04. The van der Waals surface area contributed by atoms with Crippen LogP contribution in [0.15, 0.2) is 15.1 Å². The molecule has 12 heteroatoms. The van der Waals surface area contributed by atoms with Crippen molar-refractivity contribution < 1.29 is 24.9 Å². The number of carboxylic acid groups (broad SMARTS) is 1. The van der Waals surface area contributed by atoms with Crippen LogP contribution in [0.25, 0.3) is 10.4 Å². The third-order valence-corrected chi connectivity index (χ3v) is 5.55. The summed E-state index contributed by atoms with van der Waals surface area (Å²) in [5, 5.41) is 32.7. The van der Waals surface area contributed by atoms with E-state index in [0.717, 1.165) is 25.7 Å². The van der Waals surface area contributed by atoms with E-state index in [1.165, 1.54) is 0 Å². The zero-order valence-corrected chi connectivity index (χ0v) is 16.9. The third kappa shape index (κ3) is 10.3. The predicted octanol–water partition coefficient (Wildman–Crippen LogP) is 0.277. The van der Waals surface area contributed by atoms with Crippen molar-refractivity contribution in [3.63, 3.8) is 0 Å². The normalized spacial score (nSPS) is 27.2. The summed E-state index contributed by atoms with van der Waals surface area (Å²) in [6.45, 7) is 0.874. The number of carboxylic acids is 1. The smallest absolute Gasteiger partial charge is 0.306 e. The van der Waals surface area contributed by atoms with Gasteiger partial charge in [-0.05, 0) is 73.8 Å². The van der Waals surface area contributed by atoms with E-state index in [9.17, 15) is 19.8 Å². The van der Waals surface area contributed by atoms with Crippen LogP contribution in [0.4, 0.5) is 0 Å². The SMILES string of the molecule is [B]C([O-])=NCC1CCC(C(=O)N=[N+]=[N-])CC1.[B]C([O-])=NCC1CCC(C(=O)O)CC1. The minimum Gasteiger partial charge on any atom is -0.870 e. The van der Waals surface area contributed by atoms with Gasteiger partial charge in [0, 0.05) is 23.9 Å². The van der Waals surface area contributed by atoms with Gasteiger partial charge in [-0.15, -0.1) is 0 Å². The van der Waals surface area contributed by atoms with E-state index in [0.29, 0.717) is 50.6 Å². The Bertz CT molecular complexity index is 672. The molecule has 0 atom stereocenters. The van der Waals surface area contributed by atoms with Gasteiger partial charge in [0.05, 0.1) is 5.92 Å². The van der Waals surface area contributed by atoms with Crippen molar-refractivity contribution in [2.24, 2.45) is 38.8 Å². The van der Waals surface area contributed by atoms with Crippen LogP contribution in [-0.2, 0) is 9.59 Å². The largest absolute Gasteiger partial charge is 0.870 e. The lowest BCUT2D eigenvalue weighted by Gasteiger charge is -2.25. The molecule has 30 heavy (non-hydrogen) atoms. The first-order valence-corrected chi connectivity index (χ1v) is 9.98. The molecule has 4 radical (unpaired) electrons. The van der Waals surface area contributed by atoms with E-state index >= 15 is 0 Å². The zero-order valence-electron chi connectivity index (χ0n) is 16.9. The molecule has 2 saturated carbocycles. The molecule has 0 unspecified atom stereocenters. The quantitative estimate of drug-likeness (QED) is 0.164. The average Bonchev–Trinajstić information content (AvgIpc) is 2.72. The van der Waals surface area contributed by atoms with Crippen molar-refractivity contribution in [1.82, 2.24) is 0 Å². The monoisotopic (exact) mass is 413 g/mol.